The van der Waals surface area contributed by atoms with Crippen LogP contribution in [-0.4, -0.2) is 18.4 Å². The topological polar surface area (TPSA) is 63.4 Å². The van der Waals surface area contributed by atoms with Gasteiger partial charge in [-0.15, -0.1) is 0 Å². The quantitative estimate of drug-likeness (QED) is 0.103. The molecule has 0 aliphatic carbocycles. The molecule has 5 heteroatoms. The van der Waals surface area contributed by atoms with E-state index in [-0.39, 0.29) is 0 Å². The molecule has 0 amide bonds. The Labute approximate surface area is 304 Å². The molecule has 0 atom stereocenters. The minimum atomic E-state index is 0.430. The van der Waals surface area contributed by atoms with Crippen molar-refractivity contribution in [3.63, 3.8) is 0 Å². The summed E-state index contributed by atoms with van der Waals surface area (Å²) in [6, 6.07) is 56.1. The van der Waals surface area contributed by atoms with Gasteiger partial charge in [0.15, 0.2) is 11.7 Å². The maximum absolute atomic E-state index is 6.44. The minimum absolute atomic E-state index is 0.430. The lowest BCUT2D eigenvalue weighted by Crippen LogP contribution is -2.08. The van der Waals surface area contributed by atoms with E-state index in [1.54, 1.807) is 0 Å². The predicted molar refractivity (Wildman–Crippen MR) is 221 cm³/mol. The fourth-order valence-electron chi connectivity index (χ4n) is 7.62. The molecule has 0 fully saturated rings. The van der Waals surface area contributed by atoms with E-state index in [2.05, 4.69) is 97.7 Å². The normalized spacial score (nSPS) is 12.5. The highest BCUT2D eigenvalue weighted by Gasteiger charge is 2.22. The summed E-state index contributed by atoms with van der Waals surface area (Å²) in [6.45, 7) is 4.55. The lowest BCUT2D eigenvalue weighted by atomic mass is 9.92. The summed E-state index contributed by atoms with van der Waals surface area (Å²) in [6.07, 6.45) is 0. The van der Waals surface area contributed by atoms with Crippen molar-refractivity contribution in [2.75, 3.05) is 0 Å². The molecule has 0 saturated heterocycles. The molecule has 5 nitrogen and oxygen atoms in total. The van der Waals surface area contributed by atoms with Gasteiger partial charge in [0.25, 0.3) is 0 Å². The van der Waals surface area contributed by atoms with Crippen molar-refractivity contribution in [1.82, 2.24) is 0 Å². The summed E-state index contributed by atoms with van der Waals surface area (Å²) in [7, 11) is 0. The van der Waals surface area contributed by atoms with Crippen LogP contribution >= 0.6 is 0 Å². The van der Waals surface area contributed by atoms with Gasteiger partial charge in [0.1, 0.15) is 22.3 Å². The molecule has 0 aliphatic rings. The van der Waals surface area contributed by atoms with Gasteiger partial charge in [0.2, 0.25) is 0 Å². The Morgan fingerprint density at radius 3 is 1.89 bits per heavy atom. The largest absolute Gasteiger partial charge is 0.456 e. The Morgan fingerprint density at radius 2 is 1.11 bits per heavy atom. The number of aliphatic imine (C=N–C) groups is 3. The molecular weight excluding hydrogens is 651 g/mol. The molecular formula is C48H31N3O2. The van der Waals surface area contributed by atoms with Gasteiger partial charge in [-0.3, -0.25) is 4.99 Å². The molecule has 250 valence electrons. The minimum Gasteiger partial charge on any atom is -0.456 e. The Kier molecular flexibility index (Phi) is 7.29. The second kappa shape index (κ2) is 12.6. The summed E-state index contributed by atoms with van der Waals surface area (Å²) < 4.78 is 12.7. The van der Waals surface area contributed by atoms with E-state index >= 15 is 0 Å². The molecule has 2 aromatic heterocycles. The zero-order valence-corrected chi connectivity index (χ0v) is 28.7. The highest BCUT2D eigenvalue weighted by atomic mass is 16.3. The third kappa shape index (κ3) is 5.21. The number of fused-ring (bicyclic) bond motifs is 9. The number of nitrogens with zero attached hydrogens (tertiary/aromatic N) is 3. The summed E-state index contributed by atoms with van der Waals surface area (Å²) >= 11 is 0. The van der Waals surface area contributed by atoms with Gasteiger partial charge >= 0.3 is 0 Å². The van der Waals surface area contributed by atoms with Crippen LogP contribution in [0.1, 0.15) is 16.7 Å². The number of benzene rings is 8. The van der Waals surface area contributed by atoms with Crippen LogP contribution < -0.4 is 0 Å². The molecule has 8 aromatic carbocycles. The zero-order chi connectivity index (χ0) is 35.3. The van der Waals surface area contributed by atoms with Crippen LogP contribution in [0.3, 0.4) is 0 Å². The zero-order valence-electron chi connectivity index (χ0n) is 28.7. The second-order valence-corrected chi connectivity index (χ2v) is 13.2. The third-order valence-electron chi connectivity index (χ3n) is 10.1. The van der Waals surface area contributed by atoms with Crippen LogP contribution in [0.25, 0.3) is 76.5 Å². The molecule has 0 aliphatic heterocycles. The standard InChI is InChI=1S/C48H31N3O2/c1-49-48(51-47(50-29-30-12-3-2-4-13-30)38-18-11-21-42-44(38)36-16-7-9-19-40(36)52-42)46-35(26-27-43-45(46)37-17-8-10-20-41(37)53-43)33-25-24-32-23-22-31-14-5-6-15-34(31)39(32)28-33/h2-28H,1,29H2/b50-47-,51-48-. The first-order valence-corrected chi connectivity index (χ1v) is 17.6. The third-order valence-corrected chi connectivity index (χ3v) is 10.1. The fraction of sp³-hybridized carbons (Fsp3) is 0.0208. The van der Waals surface area contributed by atoms with Crippen LogP contribution in [0.2, 0.25) is 0 Å². The van der Waals surface area contributed by atoms with Crippen LogP contribution in [0.4, 0.5) is 0 Å². The van der Waals surface area contributed by atoms with Gasteiger partial charge in [-0.2, -0.15) is 0 Å². The van der Waals surface area contributed by atoms with Crippen molar-refractivity contribution in [3.05, 3.63) is 180 Å². The van der Waals surface area contributed by atoms with E-state index in [0.717, 1.165) is 71.7 Å². The van der Waals surface area contributed by atoms with E-state index in [1.807, 2.05) is 72.8 Å². The van der Waals surface area contributed by atoms with E-state index in [4.69, 9.17) is 23.8 Å². The molecule has 0 bridgehead atoms. The summed E-state index contributed by atoms with van der Waals surface area (Å²) in [5.74, 6) is 0.987. The van der Waals surface area contributed by atoms with Crippen LogP contribution in [0, 0.1) is 0 Å². The first kappa shape index (κ1) is 30.7. The van der Waals surface area contributed by atoms with Gasteiger partial charge in [-0.25, -0.2) is 9.98 Å². The van der Waals surface area contributed by atoms with Crippen LogP contribution in [0.5, 0.6) is 0 Å². The van der Waals surface area contributed by atoms with E-state index in [1.165, 1.54) is 21.5 Å². The van der Waals surface area contributed by atoms with Crippen molar-refractivity contribution in [1.29, 1.82) is 0 Å². The lowest BCUT2D eigenvalue weighted by molar-refractivity contribution is 0.668. The number of para-hydroxylation sites is 2. The van der Waals surface area contributed by atoms with Crippen molar-refractivity contribution < 1.29 is 8.83 Å². The van der Waals surface area contributed by atoms with Gasteiger partial charge in [-0.05, 0) is 81.4 Å². The number of hydrogen-bond acceptors (Lipinski definition) is 3. The molecule has 2 heterocycles. The van der Waals surface area contributed by atoms with Gasteiger partial charge < -0.3 is 8.83 Å². The van der Waals surface area contributed by atoms with Crippen molar-refractivity contribution >= 4 is 83.8 Å². The Hall–Kier alpha value is -7.11. The monoisotopic (exact) mass is 681 g/mol. The molecule has 53 heavy (non-hydrogen) atoms. The van der Waals surface area contributed by atoms with Crippen molar-refractivity contribution in [2.45, 2.75) is 6.54 Å². The van der Waals surface area contributed by atoms with Gasteiger partial charge in [0.05, 0.1) is 6.54 Å². The molecule has 0 spiro atoms. The maximum Gasteiger partial charge on any atom is 0.162 e. The highest BCUT2D eigenvalue weighted by Crippen LogP contribution is 2.40. The molecule has 0 unspecified atom stereocenters. The van der Waals surface area contributed by atoms with Gasteiger partial charge in [-0.1, -0.05) is 127 Å². The average Bonchev–Trinajstić information content (AvgIpc) is 3.80. The van der Waals surface area contributed by atoms with Crippen LogP contribution in [-0.2, 0) is 6.54 Å². The van der Waals surface area contributed by atoms with Crippen molar-refractivity contribution in [3.8, 4) is 11.1 Å². The Balaban J connectivity index is 1.26. The van der Waals surface area contributed by atoms with E-state index in [0.29, 0.717) is 18.2 Å². The van der Waals surface area contributed by atoms with Crippen LogP contribution in [0.15, 0.2) is 188 Å². The molecule has 0 radical (unpaired) electrons. The molecule has 0 N–H and O–H groups in total. The molecule has 10 aromatic rings. The predicted octanol–water partition coefficient (Wildman–Crippen LogP) is 12.6. The number of amidine groups is 2. The highest BCUT2D eigenvalue weighted by molar-refractivity contribution is 6.27. The fourth-order valence-corrected chi connectivity index (χ4v) is 7.62. The number of furan rings is 2. The SMILES string of the molecule is C=N/C(=N\C(=N/Cc1ccccc1)c1cccc2oc3ccccc3c12)c1c(-c2ccc3ccc4ccccc4c3c2)ccc2oc3ccccc3c12. The first-order chi connectivity index (χ1) is 26.2. The second-order valence-electron chi connectivity index (χ2n) is 13.2. The number of rotatable bonds is 5. The Morgan fingerprint density at radius 1 is 0.491 bits per heavy atom. The van der Waals surface area contributed by atoms with Gasteiger partial charge in [0, 0.05) is 32.7 Å². The van der Waals surface area contributed by atoms with Crippen molar-refractivity contribution in [2.24, 2.45) is 15.0 Å². The lowest BCUT2D eigenvalue weighted by Gasteiger charge is -2.14. The number of hydrogen-bond donors (Lipinski definition) is 0. The average molecular weight is 682 g/mol. The maximum atomic E-state index is 6.44. The van der Waals surface area contributed by atoms with E-state index < -0.39 is 0 Å². The summed E-state index contributed by atoms with van der Waals surface area (Å²) in [4.78, 5) is 15.3. The van der Waals surface area contributed by atoms with E-state index in [9.17, 15) is 0 Å². The first-order valence-electron chi connectivity index (χ1n) is 17.6. The molecule has 0 saturated carbocycles. The smallest absolute Gasteiger partial charge is 0.162 e. The summed E-state index contributed by atoms with van der Waals surface area (Å²) in [5.41, 5.74) is 7.89. The summed E-state index contributed by atoms with van der Waals surface area (Å²) in [5, 5.41) is 8.62. The Bertz CT molecular complexity index is 3110. The molecule has 10 rings (SSSR count).